The maximum Gasteiger partial charge on any atom is 0.257 e. The van der Waals surface area contributed by atoms with Gasteiger partial charge in [0.1, 0.15) is 0 Å². The minimum Gasteiger partial charge on any atom is -0.341 e. The van der Waals surface area contributed by atoms with Crippen LogP contribution in [0.1, 0.15) is 46.9 Å². The minimum atomic E-state index is 0.0610. The van der Waals surface area contributed by atoms with Crippen LogP contribution in [0.25, 0.3) is 0 Å². The second-order valence-electron chi connectivity index (χ2n) is 7.66. The Morgan fingerprint density at radius 2 is 1.88 bits per heavy atom. The third kappa shape index (κ3) is 3.43. The number of hydrogen-bond acceptors (Lipinski definition) is 4. The molecular formula is C21H26N4O. The van der Waals surface area contributed by atoms with Crippen molar-refractivity contribution in [2.75, 3.05) is 24.5 Å². The number of rotatable bonds is 4. The molecule has 5 nitrogen and oxygen atoms in total. The topological polar surface area (TPSA) is 49.3 Å². The van der Waals surface area contributed by atoms with E-state index in [1.54, 1.807) is 6.20 Å². The number of anilines is 1. The Hall–Kier alpha value is -2.43. The van der Waals surface area contributed by atoms with E-state index in [2.05, 4.69) is 48.0 Å². The van der Waals surface area contributed by atoms with Gasteiger partial charge in [0.25, 0.3) is 5.91 Å². The highest BCUT2D eigenvalue weighted by molar-refractivity contribution is 5.97. The van der Waals surface area contributed by atoms with Gasteiger partial charge in [-0.05, 0) is 37.7 Å². The van der Waals surface area contributed by atoms with Gasteiger partial charge in [0, 0.05) is 25.8 Å². The van der Waals surface area contributed by atoms with Gasteiger partial charge in [-0.15, -0.1) is 0 Å². The molecule has 0 aliphatic carbocycles. The van der Waals surface area contributed by atoms with Crippen molar-refractivity contribution in [1.29, 1.82) is 0 Å². The summed E-state index contributed by atoms with van der Waals surface area (Å²) in [6.45, 7) is 7.71. The number of aryl methyl sites for hydroxylation is 1. The molecule has 1 aromatic heterocycles. The molecule has 5 heteroatoms. The van der Waals surface area contributed by atoms with Crippen LogP contribution in [0.15, 0.2) is 30.5 Å². The van der Waals surface area contributed by atoms with E-state index in [1.807, 2.05) is 4.90 Å². The van der Waals surface area contributed by atoms with E-state index in [1.165, 1.54) is 24.0 Å². The highest BCUT2D eigenvalue weighted by atomic mass is 16.2. The summed E-state index contributed by atoms with van der Waals surface area (Å²) in [5.74, 6) is 1.62. The van der Waals surface area contributed by atoms with Crippen LogP contribution in [0.3, 0.4) is 0 Å². The fourth-order valence-corrected chi connectivity index (χ4v) is 3.69. The molecule has 3 heterocycles. The lowest BCUT2D eigenvalue weighted by Crippen LogP contribution is -2.34. The molecule has 0 unspecified atom stereocenters. The van der Waals surface area contributed by atoms with Crippen molar-refractivity contribution in [1.82, 2.24) is 14.9 Å². The third-order valence-corrected chi connectivity index (χ3v) is 5.57. The lowest BCUT2D eigenvalue weighted by atomic mass is 10.00. The molecule has 0 saturated carbocycles. The first-order valence-electron chi connectivity index (χ1n) is 9.56. The first-order chi connectivity index (χ1) is 12.6. The van der Waals surface area contributed by atoms with Gasteiger partial charge in [-0.1, -0.05) is 36.8 Å². The lowest BCUT2D eigenvalue weighted by Gasteiger charge is -2.30. The van der Waals surface area contributed by atoms with Crippen molar-refractivity contribution in [3.05, 3.63) is 52.8 Å². The minimum absolute atomic E-state index is 0.0610. The fraction of sp³-hybridized carbons (Fsp3) is 0.476. The van der Waals surface area contributed by atoms with E-state index in [4.69, 9.17) is 4.98 Å². The molecule has 1 fully saturated rings. The summed E-state index contributed by atoms with van der Waals surface area (Å²) in [6, 6.07) is 8.51. The summed E-state index contributed by atoms with van der Waals surface area (Å²) in [4.78, 5) is 26.0. The van der Waals surface area contributed by atoms with Gasteiger partial charge in [-0.2, -0.15) is 0 Å². The second kappa shape index (κ2) is 7.06. The van der Waals surface area contributed by atoms with Crippen LogP contribution in [0.2, 0.25) is 0 Å². The first-order valence-corrected chi connectivity index (χ1v) is 9.56. The number of nitrogens with zero attached hydrogens (tertiary/aromatic N) is 4. The van der Waals surface area contributed by atoms with Gasteiger partial charge in [0.05, 0.1) is 17.8 Å². The molecule has 2 aromatic rings. The molecule has 1 saturated heterocycles. The molecule has 1 amide bonds. The summed E-state index contributed by atoms with van der Waals surface area (Å²) >= 11 is 0. The van der Waals surface area contributed by atoms with Crippen LogP contribution in [0, 0.1) is 12.8 Å². The van der Waals surface area contributed by atoms with Gasteiger partial charge in [-0.3, -0.25) is 4.79 Å². The SMILES string of the molecule is Cc1ccc(CCN2Cc3nc(N4CCC(C)CC4)ncc3C2=O)cc1. The number of amides is 1. The molecule has 2 aliphatic rings. The Kier molecular flexibility index (Phi) is 4.62. The fourth-order valence-electron chi connectivity index (χ4n) is 3.69. The van der Waals surface area contributed by atoms with Gasteiger partial charge >= 0.3 is 0 Å². The molecule has 4 rings (SSSR count). The van der Waals surface area contributed by atoms with Crippen molar-refractivity contribution in [3.63, 3.8) is 0 Å². The highest BCUT2D eigenvalue weighted by Gasteiger charge is 2.30. The Morgan fingerprint density at radius 3 is 2.62 bits per heavy atom. The Bertz CT molecular complexity index is 794. The molecule has 2 aliphatic heterocycles. The van der Waals surface area contributed by atoms with Gasteiger partial charge in [-0.25, -0.2) is 9.97 Å². The van der Waals surface area contributed by atoms with Crippen molar-refractivity contribution in [3.8, 4) is 0 Å². The molecule has 0 N–H and O–H groups in total. The second-order valence-corrected chi connectivity index (χ2v) is 7.66. The van der Waals surface area contributed by atoms with Gasteiger partial charge in [0.2, 0.25) is 5.95 Å². The van der Waals surface area contributed by atoms with Crippen molar-refractivity contribution >= 4 is 11.9 Å². The van der Waals surface area contributed by atoms with Crippen molar-refractivity contribution in [2.24, 2.45) is 5.92 Å². The van der Waals surface area contributed by atoms with Crippen LogP contribution in [0.5, 0.6) is 0 Å². The normalized spacial score (nSPS) is 17.7. The van der Waals surface area contributed by atoms with E-state index < -0.39 is 0 Å². The maximum atomic E-state index is 12.6. The molecule has 136 valence electrons. The summed E-state index contributed by atoms with van der Waals surface area (Å²) in [6.07, 6.45) is 4.96. The molecular weight excluding hydrogens is 324 g/mol. The van der Waals surface area contributed by atoms with Crippen LogP contribution in [-0.2, 0) is 13.0 Å². The summed E-state index contributed by atoms with van der Waals surface area (Å²) in [7, 11) is 0. The molecule has 1 aromatic carbocycles. The largest absolute Gasteiger partial charge is 0.341 e. The Labute approximate surface area is 155 Å². The summed E-state index contributed by atoms with van der Waals surface area (Å²) < 4.78 is 0. The Balaban J connectivity index is 1.42. The first kappa shape index (κ1) is 17.0. The summed E-state index contributed by atoms with van der Waals surface area (Å²) in [5.41, 5.74) is 4.06. The van der Waals surface area contributed by atoms with E-state index in [9.17, 15) is 4.79 Å². The predicted molar refractivity (Wildman–Crippen MR) is 102 cm³/mol. The number of carbonyl (C=O) groups excluding carboxylic acids is 1. The highest BCUT2D eigenvalue weighted by Crippen LogP contribution is 2.25. The maximum absolute atomic E-state index is 12.6. The van der Waals surface area contributed by atoms with Crippen molar-refractivity contribution < 1.29 is 4.79 Å². The van der Waals surface area contributed by atoms with E-state index in [-0.39, 0.29) is 5.91 Å². The van der Waals surface area contributed by atoms with Crippen LogP contribution < -0.4 is 4.90 Å². The number of benzene rings is 1. The van der Waals surface area contributed by atoms with E-state index >= 15 is 0 Å². The number of carbonyl (C=O) groups is 1. The van der Waals surface area contributed by atoms with Crippen LogP contribution in [-0.4, -0.2) is 40.4 Å². The molecule has 0 bridgehead atoms. The molecule has 0 radical (unpaired) electrons. The smallest absolute Gasteiger partial charge is 0.257 e. The average Bonchev–Trinajstić information content (AvgIpc) is 2.97. The number of hydrogen-bond donors (Lipinski definition) is 0. The summed E-state index contributed by atoms with van der Waals surface area (Å²) in [5, 5.41) is 0. The molecule has 0 atom stereocenters. The van der Waals surface area contributed by atoms with E-state index in [0.29, 0.717) is 12.1 Å². The zero-order chi connectivity index (χ0) is 18.1. The van der Waals surface area contributed by atoms with Gasteiger partial charge < -0.3 is 9.80 Å². The van der Waals surface area contributed by atoms with E-state index in [0.717, 1.165) is 43.6 Å². The zero-order valence-corrected chi connectivity index (χ0v) is 15.6. The zero-order valence-electron chi connectivity index (χ0n) is 15.6. The number of piperidine rings is 1. The standard InChI is InChI=1S/C21H26N4O/c1-15-3-5-17(6-4-15)9-12-25-14-19-18(20(25)26)13-22-21(23-19)24-10-7-16(2)8-11-24/h3-6,13,16H,7-12,14H2,1-2H3. The molecule has 26 heavy (non-hydrogen) atoms. The van der Waals surface area contributed by atoms with Crippen LogP contribution in [0.4, 0.5) is 5.95 Å². The average molecular weight is 350 g/mol. The van der Waals surface area contributed by atoms with Gasteiger partial charge in [0.15, 0.2) is 0 Å². The number of fused-ring (bicyclic) bond motifs is 1. The predicted octanol–water partition coefficient (Wildman–Crippen LogP) is 3.22. The number of aromatic nitrogens is 2. The van der Waals surface area contributed by atoms with Crippen molar-refractivity contribution in [2.45, 2.75) is 39.7 Å². The Morgan fingerprint density at radius 1 is 1.15 bits per heavy atom. The monoisotopic (exact) mass is 350 g/mol. The third-order valence-electron chi connectivity index (χ3n) is 5.57. The van der Waals surface area contributed by atoms with Crippen LogP contribution >= 0.6 is 0 Å². The molecule has 0 spiro atoms. The lowest BCUT2D eigenvalue weighted by molar-refractivity contribution is 0.0779. The quantitative estimate of drug-likeness (QED) is 0.849.